The summed E-state index contributed by atoms with van der Waals surface area (Å²) in [5.41, 5.74) is 0.382. The van der Waals surface area contributed by atoms with Gasteiger partial charge >= 0.3 is 5.97 Å². The Labute approximate surface area is 147 Å². The van der Waals surface area contributed by atoms with E-state index >= 15 is 0 Å². The molecule has 0 bridgehead atoms. The van der Waals surface area contributed by atoms with Crippen LogP contribution in [0.3, 0.4) is 0 Å². The van der Waals surface area contributed by atoms with E-state index in [9.17, 15) is 19.7 Å². The molecule has 7 heteroatoms. The first kappa shape index (κ1) is 18.9. The molecule has 1 amide bonds. The van der Waals surface area contributed by atoms with E-state index in [1.54, 1.807) is 4.90 Å². The molecule has 25 heavy (non-hydrogen) atoms. The molecule has 2 rings (SSSR count). The number of nitro groups is 1. The number of ether oxygens (including phenoxy) is 1. The van der Waals surface area contributed by atoms with Gasteiger partial charge in [-0.3, -0.25) is 19.7 Å². The highest BCUT2D eigenvalue weighted by Gasteiger charge is 2.28. The van der Waals surface area contributed by atoms with Gasteiger partial charge in [0.2, 0.25) is 0 Å². The Kier molecular flexibility index (Phi) is 6.91. The largest absolute Gasteiger partial charge is 0.465 e. The van der Waals surface area contributed by atoms with Crippen molar-refractivity contribution in [2.45, 2.75) is 39.0 Å². The van der Waals surface area contributed by atoms with Gasteiger partial charge in [0.15, 0.2) is 0 Å². The van der Waals surface area contributed by atoms with Crippen molar-refractivity contribution in [3.05, 3.63) is 39.9 Å². The highest BCUT2D eigenvalue weighted by Crippen LogP contribution is 2.21. The number of carbonyl (C=O) groups excluding carboxylic acids is 2. The van der Waals surface area contributed by atoms with Gasteiger partial charge in [0.1, 0.15) is 0 Å². The van der Waals surface area contributed by atoms with Gasteiger partial charge in [0, 0.05) is 30.8 Å². The van der Waals surface area contributed by atoms with Crippen LogP contribution < -0.4 is 0 Å². The number of nitrogens with zero attached hydrogens (tertiary/aromatic N) is 2. The number of esters is 1. The zero-order valence-corrected chi connectivity index (χ0v) is 14.5. The highest BCUT2D eigenvalue weighted by atomic mass is 16.6. The topological polar surface area (TPSA) is 89.8 Å². The number of carbonyl (C=O) groups is 2. The lowest BCUT2D eigenvalue weighted by Crippen LogP contribution is -2.40. The number of non-ortho nitro benzene ring substituents is 1. The van der Waals surface area contributed by atoms with E-state index in [1.165, 1.54) is 24.3 Å². The van der Waals surface area contributed by atoms with Crippen LogP contribution >= 0.6 is 0 Å². The number of benzene rings is 1. The summed E-state index contributed by atoms with van der Waals surface area (Å²) in [5.74, 6) is -0.481. The molecule has 1 aliphatic heterocycles. The smallest absolute Gasteiger partial charge is 0.309 e. The average Bonchev–Trinajstić information content (AvgIpc) is 2.64. The maximum absolute atomic E-state index is 12.4. The van der Waals surface area contributed by atoms with Gasteiger partial charge in [0.25, 0.3) is 11.6 Å². The van der Waals surface area contributed by atoms with Gasteiger partial charge < -0.3 is 9.64 Å². The van der Waals surface area contributed by atoms with Gasteiger partial charge in [-0.1, -0.05) is 19.8 Å². The van der Waals surface area contributed by atoms with Crippen molar-refractivity contribution in [1.82, 2.24) is 4.90 Å². The van der Waals surface area contributed by atoms with Crippen LogP contribution in [0.5, 0.6) is 0 Å². The molecule has 1 fully saturated rings. The van der Waals surface area contributed by atoms with Crippen LogP contribution in [0.4, 0.5) is 5.69 Å². The van der Waals surface area contributed by atoms with Crippen LogP contribution in [0.2, 0.25) is 0 Å². The Morgan fingerprint density at radius 1 is 1.20 bits per heavy atom. The molecule has 1 saturated heterocycles. The number of amides is 1. The Morgan fingerprint density at radius 2 is 1.84 bits per heavy atom. The van der Waals surface area contributed by atoms with Crippen molar-refractivity contribution < 1.29 is 19.2 Å². The number of hydrogen-bond donors (Lipinski definition) is 0. The molecule has 0 atom stereocenters. The normalized spacial score (nSPS) is 15.0. The average molecular weight is 348 g/mol. The summed E-state index contributed by atoms with van der Waals surface area (Å²) < 4.78 is 5.29. The summed E-state index contributed by atoms with van der Waals surface area (Å²) in [5, 5.41) is 10.7. The molecule has 1 aromatic carbocycles. The lowest BCUT2D eigenvalue weighted by molar-refractivity contribution is -0.384. The number of likely N-dealkylation sites (tertiary alicyclic amines) is 1. The van der Waals surface area contributed by atoms with Crippen LogP contribution in [0.1, 0.15) is 49.4 Å². The molecule has 1 heterocycles. The number of unbranched alkanes of at least 4 members (excludes halogenated alkanes) is 2. The molecule has 136 valence electrons. The van der Waals surface area contributed by atoms with Gasteiger partial charge in [-0.2, -0.15) is 0 Å². The maximum Gasteiger partial charge on any atom is 0.309 e. The first-order valence-corrected chi connectivity index (χ1v) is 8.73. The Hall–Kier alpha value is -2.44. The van der Waals surface area contributed by atoms with Crippen molar-refractivity contribution in [1.29, 1.82) is 0 Å². The lowest BCUT2D eigenvalue weighted by Gasteiger charge is -2.31. The standard InChI is InChI=1S/C18H24N2O5/c1-2-3-4-13-25-18(22)15-9-11-19(12-10-15)17(21)14-5-7-16(8-6-14)20(23)24/h5-8,15H,2-4,9-13H2,1H3. The number of nitro benzene ring substituents is 1. The van der Waals surface area contributed by atoms with Crippen LogP contribution in [0, 0.1) is 16.0 Å². The molecule has 1 aliphatic rings. The third-order valence-electron chi connectivity index (χ3n) is 4.43. The van der Waals surface area contributed by atoms with Crippen molar-refractivity contribution in [3.8, 4) is 0 Å². The molecular weight excluding hydrogens is 324 g/mol. The van der Waals surface area contributed by atoms with Crippen molar-refractivity contribution in [3.63, 3.8) is 0 Å². The summed E-state index contributed by atoms with van der Waals surface area (Å²) in [6, 6.07) is 5.59. The van der Waals surface area contributed by atoms with Crippen molar-refractivity contribution >= 4 is 17.6 Å². The van der Waals surface area contributed by atoms with E-state index in [1.807, 2.05) is 0 Å². The van der Waals surface area contributed by atoms with Crippen molar-refractivity contribution in [2.75, 3.05) is 19.7 Å². The van der Waals surface area contributed by atoms with E-state index in [0.717, 1.165) is 19.3 Å². The molecule has 0 aromatic heterocycles. The second-order valence-corrected chi connectivity index (χ2v) is 6.25. The molecule has 0 unspecified atom stereocenters. The summed E-state index contributed by atoms with van der Waals surface area (Å²) in [7, 11) is 0. The monoisotopic (exact) mass is 348 g/mol. The van der Waals surface area contributed by atoms with Crippen molar-refractivity contribution in [2.24, 2.45) is 5.92 Å². The molecule has 7 nitrogen and oxygen atoms in total. The second-order valence-electron chi connectivity index (χ2n) is 6.25. The van der Waals surface area contributed by atoms with E-state index in [4.69, 9.17) is 4.74 Å². The molecule has 0 radical (unpaired) electrons. The molecular formula is C18H24N2O5. The molecule has 0 spiro atoms. The SMILES string of the molecule is CCCCCOC(=O)C1CCN(C(=O)c2ccc([N+](=O)[O-])cc2)CC1. The lowest BCUT2D eigenvalue weighted by atomic mass is 9.96. The van der Waals surface area contributed by atoms with Crippen LogP contribution in [0.15, 0.2) is 24.3 Å². The summed E-state index contributed by atoms with van der Waals surface area (Å²) in [4.78, 5) is 36.3. The molecule has 0 saturated carbocycles. The van der Waals surface area contributed by atoms with E-state index < -0.39 is 4.92 Å². The summed E-state index contributed by atoms with van der Waals surface area (Å²) >= 11 is 0. The summed E-state index contributed by atoms with van der Waals surface area (Å²) in [6.45, 7) is 3.54. The van der Waals surface area contributed by atoms with Gasteiger partial charge in [0.05, 0.1) is 17.4 Å². The van der Waals surface area contributed by atoms with Gasteiger partial charge in [-0.05, 0) is 31.4 Å². The van der Waals surface area contributed by atoms with Gasteiger partial charge in [-0.15, -0.1) is 0 Å². The number of rotatable bonds is 7. The van der Waals surface area contributed by atoms with E-state index in [0.29, 0.717) is 38.1 Å². The second kappa shape index (κ2) is 9.15. The van der Waals surface area contributed by atoms with Crippen LogP contribution in [-0.4, -0.2) is 41.4 Å². The highest BCUT2D eigenvalue weighted by molar-refractivity contribution is 5.94. The maximum atomic E-state index is 12.4. The third kappa shape index (κ3) is 5.27. The predicted molar refractivity (Wildman–Crippen MR) is 92.2 cm³/mol. The Balaban J connectivity index is 1.81. The fourth-order valence-electron chi connectivity index (χ4n) is 2.87. The number of hydrogen-bond acceptors (Lipinski definition) is 5. The van der Waals surface area contributed by atoms with Crippen LogP contribution in [0.25, 0.3) is 0 Å². The minimum atomic E-state index is -0.494. The Morgan fingerprint density at radius 3 is 2.40 bits per heavy atom. The molecule has 1 aromatic rings. The van der Waals surface area contributed by atoms with E-state index in [2.05, 4.69) is 6.92 Å². The number of piperidine rings is 1. The molecule has 0 aliphatic carbocycles. The minimum absolute atomic E-state index is 0.0407. The fraction of sp³-hybridized carbons (Fsp3) is 0.556. The summed E-state index contributed by atoms with van der Waals surface area (Å²) in [6.07, 6.45) is 4.20. The first-order valence-electron chi connectivity index (χ1n) is 8.73. The fourth-order valence-corrected chi connectivity index (χ4v) is 2.87. The van der Waals surface area contributed by atoms with E-state index in [-0.39, 0.29) is 23.5 Å². The predicted octanol–water partition coefficient (Wildman–Crippen LogP) is 3.18. The van der Waals surface area contributed by atoms with Gasteiger partial charge in [-0.25, -0.2) is 0 Å². The molecule has 0 N–H and O–H groups in total. The zero-order chi connectivity index (χ0) is 18.2. The third-order valence-corrected chi connectivity index (χ3v) is 4.43. The van der Waals surface area contributed by atoms with Crippen LogP contribution in [-0.2, 0) is 9.53 Å². The Bertz CT molecular complexity index is 606. The zero-order valence-electron chi connectivity index (χ0n) is 14.5. The minimum Gasteiger partial charge on any atom is -0.465 e. The first-order chi connectivity index (χ1) is 12.0. The quantitative estimate of drug-likeness (QED) is 0.327.